The zero-order chi connectivity index (χ0) is 28.8. The zero-order valence-electron chi connectivity index (χ0n) is 22.0. The monoisotopic (exact) mass is 568 g/mol. The summed E-state index contributed by atoms with van der Waals surface area (Å²) in [5.41, 5.74) is 2.25. The summed E-state index contributed by atoms with van der Waals surface area (Å²) in [6.45, 7) is 0.514. The quantitative estimate of drug-likeness (QED) is 0.192. The topological polar surface area (TPSA) is 94.2 Å². The molecule has 1 N–H and O–H groups in total. The van der Waals surface area contributed by atoms with E-state index in [-0.39, 0.29) is 17.9 Å². The molecule has 41 heavy (non-hydrogen) atoms. The van der Waals surface area contributed by atoms with Crippen molar-refractivity contribution in [2.45, 2.75) is 13.2 Å². The van der Waals surface area contributed by atoms with E-state index in [1.807, 2.05) is 48.5 Å². The molecule has 0 unspecified atom stereocenters. The Morgan fingerprint density at radius 1 is 0.805 bits per heavy atom. The number of halogens is 1. The molecule has 4 aromatic carbocycles. The van der Waals surface area contributed by atoms with Crippen LogP contribution < -0.4 is 24.4 Å². The summed E-state index contributed by atoms with van der Waals surface area (Å²) < 4.78 is 17.1. The highest BCUT2D eigenvalue weighted by molar-refractivity contribution is 6.39. The Morgan fingerprint density at radius 3 is 2.24 bits per heavy atom. The Labute approximate surface area is 241 Å². The van der Waals surface area contributed by atoms with Gasteiger partial charge < -0.3 is 14.2 Å². The summed E-state index contributed by atoms with van der Waals surface area (Å²) in [5, 5.41) is 2.79. The van der Waals surface area contributed by atoms with Crippen molar-refractivity contribution in [2.24, 2.45) is 0 Å². The van der Waals surface area contributed by atoms with Crippen molar-refractivity contribution in [2.75, 3.05) is 12.0 Å². The van der Waals surface area contributed by atoms with Crippen LogP contribution in [0.15, 0.2) is 103 Å². The molecule has 0 atom stereocenters. The predicted octanol–water partition coefficient (Wildman–Crippen LogP) is 6.17. The van der Waals surface area contributed by atoms with Gasteiger partial charge in [0.1, 0.15) is 36.0 Å². The highest BCUT2D eigenvalue weighted by Crippen LogP contribution is 2.30. The molecule has 1 saturated heterocycles. The molecule has 0 aromatic heterocycles. The van der Waals surface area contributed by atoms with Crippen molar-refractivity contribution in [3.8, 4) is 17.2 Å². The second-order valence-electron chi connectivity index (χ2n) is 9.01. The smallest absolute Gasteiger partial charge is 0.335 e. The molecule has 0 radical (unpaired) electrons. The van der Waals surface area contributed by atoms with Gasteiger partial charge in [0.15, 0.2) is 0 Å². The Morgan fingerprint density at radius 2 is 1.51 bits per heavy atom. The van der Waals surface area contributed by atoms with Gasteiger partial charge in [-0.1, -0.05) is 60.1 Å². The molecule has 9 heteroatoms. The second-order valence-corrected chi connectivity index (χ2v) is 9.42. The number of urea groups is 1. The Hall–Kier alpha value is -5.08. The summed E-state index contributed by atoms with van der Waals surface area (Å²) >= 11 is 6.27. The fourth-order valence-corrected chi connectivity index (χ4v) is 4.33. The van der Waals surface area contributed by atoms with Gasteiger partial charge in [-0.25, -0.2) is 9.69 Å². The molecule has 1 heterocycles. The predicted molar refractivity (Wildman–Crippen MR) is 155 cm³/mol. The van der Waals surface area contributed by atoms with E-state index in [0.29, 0.717) is 34.4 Å². The molecular weight excluding hydrogens is 544 g/mol. The average Bonchev–Trinajstić information content (AvgIpc) is 2.99. The molecule has 4 amide bonds. The van der Waals surface area contributed by atoms with E-state index in [1.54, 1.807) is 48.5 Å². The van der Waals surface area contributed by atoms with Crippen LogP contribution in [0.25, 0.3) is 6.08 Å². The third-order valence-corrected chi connectivity index (χ3v) is 6.68. The first kappa shape index (κ1) is 27.5. The van der Waals surface area contributed by atoms with Crippen LogP contribution in [0.4, 0.5) is 10.5 Å². The lowest BCUT2D eigenvalue weighted by atomic mass is 10.1. The maximum absolute atomic E-state index is 13.5. The van der Waals surface area contributed by atoms with E-state index in [0.717, 1.165) is 16.0 Å². The van der Waals surface area contributed by atoms with E-state index >= 15 is 0 Å². The first-order chi connectivity index (χ1) is 19.9. The summed E-state index contributed by atoms with van der Waals surface area (Å²) in [6, 6.07) is 27.5. The number of imide groups is 2. The van der Waals surface area contributed by atoms with Crippen molar-refractivity contribution in [1.29, 1.82) is 0 Å². The standard InChI is InChI=1S/C32H25ClN2O6/c1-39-26-14-11-22(29(18-26)41-20-23-9-5-6-10-28(23)33)17-27-30(36)34-32(38)35(31(27)37)24-12-15-25(16-13-24)40-19-21-7-3-2-4-8-21/h2-18H,19-20H2,1H3,(H,34,36,38)/b27-17+. The number of carbonyl (C=O) groups is 3. The molecule has 1 aliphatic rings. The molecule has 8 nitrogen and oxygen atoms in total. The van der Waals surface area contributed by atoms with Crippen LogP contribution in [-0.4, -0.2) is 25.0 Å². The van der Waals surface area contributed by atoms with Gasteiger partial charge in [0.05, 0.1) is 12.8 Å². The summed E-state index contributed by atoms with van der Waals surface area (Å²) in [4.78, 5) is 39.9. The number of benzene rings is 4. The number of barbiturate groups is 1. The number of carbonyl (C=O) groups excluding carboxylic acids is 3. The van der Waals surface area contributed by atoms with E-state index < -0.39 is 17.8 Å². The van der Waals surface area contributed by atoms with Crippen molar-refractivity contribution >= 4 is 41.2 Å². The molecule has 1 aliphatic heterocycles. The maximum atomic E-state index is 13.5. The second kappa shape index (κ2) is 12.4. The minimum Gasteiger partial charge on any atom is -0.497 e. The average molecular weight is 569 g/mol. The maximum Gasteiger partial charge on any atom is 0.335 e. The van der Waals surface area contributed by atoms with E-state index in [1.165, 1.54) is 13.2 Å². The van der Waals surface area contributed by atoms with Gasteiger partial charge in [-0.15, -0.1) is 0 Å². The van der Waals surface area contributed by atoms with Crippen molar-refractivity contribution in [3.05, 3.63) is 124 Å². The molecule has 0 bridgehead atoms. The normalized spacial score (nSPS) is 14.1. The fourth-order valence-electron chi connectivity index (χ4n) is 4.14. The minimum absolute atomic E-state index is 0.145. The van der Waals surface area contributed by atoms with Gasteiger partial charge in [-0.05, 0) is 54.1 Å². The third kappa shape index (κ3) is 6.40. The van der Waals surface area contributed by atoms with Gasteiger partial charge in [-0.2, -0.15) is 0 Å². The summed E-state index contributed by atoms with van der Waals surface area (Å²) in [7, 11) is 1.52. The van der Waals surface area contributed by atoms with Crippen LogP contribution in [0.5, 0.6) is 17.2 Å². The largest absolute Gasteiger partial charge is 0.497 e. The molecule has 4 aromatic rings. The van der Waals surface area contributed by atoms with Crippen LogP contribution in [0.1, 0.15) is 16.7 Å². The number of hydrogen-bond acceptors (Lipinski definition) is 6. The first-order valence-corrected chi connectivity index (χ1v) is 13.0. The third-order valence-electron chi connectivity index (χ3n) is 6.31. The molecule has 206 valence electrons. The van der Waals surface area contributed by atoms with Crippen molar-refractivity contribution in [3.63, 3.8) is 0 Å². The molecule has 0 saturated carbocycles. The Bertz CT molecular complexity index is 1620. The summed E-state index contributed by atoms with van der Waals surface area (Å²) in [5.74, 6) is -0.141. The van der Waals surface area contributed by atoms with Gasteiger partial charge >= 0.3 is 6.03 Å². The number of amides is 4. The van der Waals surface area contributed by atoms with E-state index in [4.69, 9.17) is 25.8 Å². The molecule has 5 rings (SSSR count). The minimum atomic E-state index is -0.847. The number of ether oxygens (including phenoxy) is 3. The molecular formula is C32H25ClN2O6. The first-order valence-electron chi connectivity index (χ1n) is 12.7. The number of hydrogen-bond donors (Lipinski definition) is 1. The number of nitrogens with one attached hydrogen (secondary N) is 1. The number of methoxy groups -OCH3 is 1. The summed E-state index contributed by atoms with van der Waals surface area (Å²) in [6.07, 6.45) is 1.38. The van der Waals surface area contributed by atoms with Gasteiger partial charge in [0, 0.05) is 22.2 Å². The van der Waals surface area contributed by atoms with Crippen LogP contribution in [-0.2, 0) is 22.8 Å². The SMILES string of the molecule is COc1ccc(/C=C2\C(=O)NC(=O)N(c3ccc(OCc4ccccc4)cc3)C2=O)c(OCc2ccccc2Cl)c1. The van der Waals surface area contributed by atoms with Crippen LogP contribution in [0.2, 0.25) is 5.02 Å². The van der Waals surface area contributed by atoms with Gasteiger partial charge in [0.25, 0.3) is 11.8 Å². The molecule has 1 fully saturated rings. The van der Waals surface area contributed by atoms with E-state index in [2.05, 4.69) is 5.32 Å². The number of anilines is 1. The van der Waals surface area contributed by atoms with Crippen LogP contribution in [0, 0.1) is 0 Å². The van der Waals surface area contributed by atoms with Gasteiger partial charge in [0.2, 0.25) is 0 Å². The Balaban J connectivity index is 1.38. The van der Waals surface area contributed by atoms with E-state index in [9.17, 15) is 14.4 Å². The van der Waals surface area contributed by atoms with Crippen LogP contribution in [0.3, 0.4) is 0 Å². The highest BCUT2D eigenvalue weighted by atomic mass is 35.5. The molecule has 0 aliphatic carbocycles. The van der Waals surface area contributed by atoms with Crippen molar-refractivity contribution < 1.29 is 28.6 Å². The highest BCUT2D eigenvalue weighted by Gasteiger charge is 2.37. The van der Waals surface area contributed by atoms with Crippen molar-refractivity contribution in [1.82, 2.24) is 5.32 Å². The lowest BCUT2D eigenvalue weighted by Crippen LogP contribution is -2.54. The fraction of sp³-hybridized carbons (Fsp3) is 0.0938. The zero-order valence-corrected chi connectivity index (χ0v) is 22.8. The Kier molecular flexibility index (Phi) is 8.31. The number of rotatable bonds is 9. The lowest BCUT2D eigenvalue weighted by Gasteiger charge is -2.26. The lowest BCUT2D eigenvalue weighted by molar-refractivity contribution is -0.122. The van der Waals surface area contributed by atoms with Gasteiger partial charge in [-0.3, -0.25) is 14.9 Å². The molecule has 0 spiro atoms. The van der Waals surface area contributed by atoms with Crippen LogP contribution >= 0.6 is 11.6 Å². The number of nitrogens with zero attached hydrogens (tertiary/aromatic N) is 1.